The molecule has 2 aromatic rings. The Labute approximate surface area is 118 Å². The van der Waals surface area contributed by atoms with E-state index in [0.717, 1.165) is 22.6 Å². The van der Waals surface area contributed by atoms with Crippen molar-refractivity contribution in [3.8, 4) is 0 Å². The molecule has 0 aliphatic heterocycles. The predicted octanol–water partition coefficient (Wildman–Crippen LogP) is 3.45. The van der Waals surface area contributed by atoms with Crippen molar-refractivity contribution in [2.75, 3.05) is 10.9 Å². The number of amides is 1. The van der Waals surface area contributed by atoms with E-state index in [4.69, 9.17) is 11.6 Å². The standard InChI is InChI=1S/C15H17ClN2O/c1-11-4-8-14(9-5-11)18(15(19)10-16)17-12(2)6-7-13(17)3/h4-9H,10H2,1-3H3. The summed E-state index contributed by atoms with van der Waals surface area (Å²) in [5.74, 6) is -0.196. The second kappa shape index (κ2) is 5.49. The molecule has 0 unspecified atom stereocenters. The van der Waals surface area contributed by atoms with E-state index in [1.165, 1.54) is 0 Å². The molecule has 1 aromatic carbocycles. The smallest absolute Gasteiger partial charge is 0.261 e. The Morgan fingerprint density at radius 2 is 1.58 bits per heavy atom. The average Bonchev–Trinajstić information content (AvgIpc) is 2.73. The minimum absolute atomic E-state index is 0.0507. The number of alkyl halides is 1. The molecule has 1 aromatic heterocycles. The van der Waals surface area contributed by atoms with Crippen molar-refractivity contribution in [3.05, 3.63) is 53.3 Å². The van der Waals surface area contributed by atoms with Crippen LogP contribution in [0.1, 0.15) is 17.0 Å². The third-order valence-electron chi connectivity index (χ3n) is 3.06. The van der Waals surface area contributed by atoms with Crippen molar-refractivity contribution in [2.45, 2.75) is 20.8 Å². The normalized spacial score (nSPS) is 10.5. The zero-order chi connectivity index (χ0) is 14.0. The number of nitrogens with zero attached hydrogens (tertiary/aromatic N) is 2. The van der Waals surface area contributed by atoms with Crippen molar-refractivity contribution >= 4 is 23.2 Å². The Balaban J connectivity index is 2.54. The zero-order valence-electron chi connectivity index (χ0n) is 11.4. The van der Waals surface area contributed by atoms with Crippen LogP contribution in [0, 0.1) is 20.8 Å². The minimum atomic E-state index is -0.145. The summed E-state index contributed by atoms with van der Waals surface area (Å²) in [5, 5.41) is 1.62. The fourth-order valence-corrected chi connectivity index (χ4v) is 2.20. The first kappa shape index (κ1) is 13.7. The van der Waals surface area contributed by atoms with Crippen molar-refractivity contribution in [1.82, 2.24) is 4.68 Å². The third-order valence-corrected chi connectivity index (χ3v) is 3.29. The van der Waals surface area contributed by atoms with Crippen LogP contribution in [0.25, 0.3) is 0 Å². The maximum absolute atomic E-state index is 12.2. The monoisotopic (exact) mass is 276 g/mol. The number of hydrogen-bond acceptors (Lipinski definition) is 1. The van der Waals surface area contributed by atoms with Crippen LogP contribution in [-0.4, -0.2) is 16.5 Å². The van der Waals surface area contributed by atoms with Crippen LogP contribution in [0.15, 0.2) is 36.4 Å². The van der Waals surface area contributed by atoms with E-state index in [-0.39, 0.29) is 11.8 Å². The van der Waals surface area contributed by atoms with E-state index < -0.39 is 0 Å². The number of halogens is 1. The molecule has 0 saturated heterocycles. The van der Waals surface area contributed by atoms with Crippen molar-refractivity contribution in [3.63, 3.8) is 0 Å². The minimum Gasteiger partial charge on any atom is -0.271 e. The largest absolute Gasteiger partial charge is 0.271 e. The van der Waals surface area contributed by atoms with Gasteiger partial charge >= 0.3 is 0 Å². The summed E-state index contributed by atoms with van der Waals surface area (Å²) in [6.07, 6.45) is 0. The predicted molar refractivity (Wildman–Crippen MR) is 78.7 cm³/mol. The van der Waals surface area contributed by atoms with Gasteiger partial charge in [-0.3, -0.25) is 9.47 Å². The van der Waals surface area contributed by atoms with E-state index in [1.807, 2.05) is 61.8 Å². The highest BCUT2D eigenvalue weighted by Gasteiger charge is 2.19. The fourth-order valence-electron chi connectivity index (χ4n) is 2.09. The van der Waals surface area contributed by atoms with Gasteiger partial charge in [0.2, 0.25) is 0 Å². The molecule has 0 bridgehead atoms. The Morgan fingerprint density at radius 1 is 1.05 bits per heavy atom. The Morgan fingerprint density at radius 3 is 2.05 bits per heavy atom. The second-order valence-electron chi connectivity index (χ2n) is 4.60. The number of benzene rings is 1. The molecule has 0 atom stereocenters. The lowest BCUT2D eigenvalue weighted by Gasteiger charge is -2.26. The molecular weight excluding hydrogens is 260 g/mol. The van der Waals surface area contributed by atoms with E-state index in [9.17, 15) is 4.79 Å². The number of aryl methyl sites for hydroxylation is 3. The van der Waals surface area contributed by atoms with Crippen molar-refractivity contribution in [1.29, 1.82) is 0 Å². The number of aromatic nitrogens is 1. The van der Waals surface area contributed by atoms with Crippen LogP contribution < -0.4 is 5.01 Å². The quantitative estimate of drug-likeness (QED) is 0.788. The Hall–Kier alpha value is -1.74. The van der Waals surface area contributed by atoms with Crippen LogP contribution in [0.2, 0.25) is 0 Å². The first-order valence-electron chi connectivity index (χ1n) is 6.15. The Kier molecular flexibility index (Phi) is 3.96. The van der Waals surface area contributed by atoms with Crippen LogP contribution in [0.4, 0.5) is 5.69 Å². The van der Waals surface area contributed by atoms with Crippen LogP contribution in [-0.2, 0) is 4.79 Å². The van der Waals surface area contributed by atoms with E-state index in [2.05, 4.69) is 0 Å². The molecule has 3 nitrogen and oxygen atoms in total. The molecule has 0 spiro atoms. The summed E-state index contributed by atoms with van der Waals surface area (Å²) >= 11 is 5.74. The summed E-state index contributed by atoms with van der Waals surface area (Å²) in [7, 11) is 0. The van der Waals surface area contributed by atoms with Gasteiger partial charge in [0.25, 0.3) is 5.91 Å². The number of carbonyl (C=O) groups excluding carboxylic acids is 1. The van der Waals surface area contributed by atoms with Crippen molar-refractivity contribution in [2.24, 2.45) is 0 Å². The van der Waals surface area contributed by atoms with Gasteiger partial charge in [-0.05, 0) is 45.0 Å². The lowest BCUT2D eigenvalue weighted by molar-refractivity contribution is -0.116. The second-order valence-corrected chi connectivity index (χ2v) is 4.87. The molecular formula is C15H17ClN2O. The van der Waals surface area contributed by atoms with Crippen molar-refractivity contribution < 1.29 is 4.79 Å². The zero-order valence-corrected chi connectivity index (χ0v) is 12.1. The fraction of sp³-hybridized carbons (Fsp3) is 0.267. The molecule has 19 heavy (non-hydrogen) atoms. The first-order valence-corrected chi connectivity index (χ1v) is 6.69. The van der Waals surface area contributed by atoms with Gasteiger partial charge in [0, 0.05) is 11.4 Å². The van der Waals surface area contributed by atoms with Gasteiger partial charge in [0.15, 0.2) is 0 Å². The molecule has 1 amide bonds. The van der Waals surface area contributed by atoms with Gasteiger partial charge in [-0.25, -0.2) is 5.01 Å². The van der Waals surface area contributed by atoms with Gasteiger partial charge in [-0.2, -0.15) is 0 Å². The van der Waals surface area contributed by atoms with Gasteiger partial charge in [-0.15, -0.1) is 11.6 Å². The van der Waals surface area contributed by atoms with Crippen LogP contribution in [0.3, 0.4) is 0 Å². The number of carbonyl (C=O) groups is 1. The maximum atomic E-state index is 12.2. The molecule has 4 heteroatoms. The average molecular weight is 277 g/mol. The molecule has 0 fully saturated rings. The molecule has 0 N–H and O–H groups in total. The summed E-state index contributed by atoms with van der Waals surface area (Å²) in [6, 6.07) is 11.8. The summed E-state index contributed by atoms with van der Waals surface area (Å²) < 4.78 is 1.88. The number of anilines is 1. The highest BCUT2D eigenvalue weighted by Crippen LogP contribution is 2.20. The molecule has 0 aliphatic carbocycles. The SMILES string of the molecule is Cc1ccc(N(C(=O)CCl)n2c(C)ccc2C)cc1. The molecule has 1 heterocycles. The first-order chi connectivity index (χ1) is 9.04. The highest BCUT2D eigenvalue weighted by molar-refractivity contribution is 6.29. The molecule has 100 valence electrons. The van der Waals surface area contributed by atoms with E-state index >= 15 is 0 Å². The van der Waals surface area contributed by atoms with Crippen LogP contribution in [0.5, 0.6) is 0 Å². The van der Waals surface area contributed by atoms with Gasteiger partial charge in [-0.1, -0.05) is 17.7 Å². The number of hydrogen-bond donors (Lipinski definition) is 0. The number of rotatable bonds is 3. The van der Waals surface area contributed by atoms with Gasteiger partial charge in [0.1, 0.15) is 5.88 Å². The summed E-state index contributed by atoms with van der Waals surface area (Å²) in [6.45, 7) is 5.95. The van der Waals surface area contributed by atoms with Crippen LogP contribution >= 0.6 is 11.6 Å². The van der Waals surface area contributed by atoms with E-state index in [0.29, 0.717) is 0 Å². The summed E-state index contributed by atoms with van der Waals surface area (Å²) in [4.78, 5) is 12.2. The lowest BCUT2D eigenvalue weighted by Crippen LogP contribution is -2.38. The Bertz CT molecular complexity index is 567. The van der Waals surface area contributed by atoms with Gasteiger partial charge < -0.3 is 0 Å². The summed E-state index contributed by atoms with van der Waals surface area (Å²) in [5.41, 5.74) is 3.97. The molecule has 0 saturated carbocycles. The third kappa shape index (κ3) is 2.66. The maximum Gasteiger partial charge on any atom is 0.261 e. The van der Waals surface area contributed by atoms with E-state index in [1.54, 1.807) is 5.01 Å². The van der Waals surface area contributed by atoms with Gasteiger partial charge in [0.05, 0.1) is 5.69 Å². The molecule has 0 aliphatic rings. The molecule has 0 radical (unpaired) electrons. The lowest BCUT2D eigenvalue weighted by atomic mass is 10.2. The molecule has 2 rings (SSSR count). The topological polar surface area (TPSA) is 25.2 Å². The highest BCUT2D eigenvalue weighted by atomic mass is 35.5.